The van der Waals surface area contributed by atoms with E-state index in [1.165, 1.54) is 23.2 Å². The number of amides is 3. The molecule has 0 unspecified atom stereocenters. The molecule has 164 valence electrons. The summed E-state index contributed by atoms with van der Waals surface area (Å²) in [6, 6.07) is 5.83. The van der Waals surface area contributed by atoms with Gasteiger partial charge in [-0.15, -0.1) is 0 Å². The van der Waals surface area contributed by atoms with Crippen LogP contribution in [0.4, 0.5) is 9.18 Å². The Morgan fingerprint density at radius 2 is 2.03 bits per heavy atom. The van der Waals surface area contributed by atoms with Gasteiger partial charge in [-0.3, -0.25) is 9.79 Å². The molecule has 0 bridgehead atoms. The van der Waals surface area contributed by atoms with E-state index in [9.17, 15) is 14.0 Å². The number of aromatic nitrogens is 1. The Bertz CT molecular complexity index is 1040. The van der Waals surface area contributed by atoms with Gasteiger partial charge < -0.3 is 9.42 Å². The lowest BCUT2D eigenvalue weighted by Gasteiger charge is -2.27. The van der Waals surface area contributed by atoms with Crippen LogP contribution in [0.5, 0.6) is 0 Å². The molecule has 31 heavy (non-hydrogen) atoms. The van der Waals surface area contributed by atoms with Gasteiger partial charge in [0.25, 0.3) is 5.91 Å². The predicted molar refractivity (Wildman–Crippen MR) is 115 cm³/mol. The Hall–Kier alpha value is -3.29. The third-order valence-electron chi connectivity index (χ3n) is 5.54. The van der Waals surface area contributed by atoms with E-state index in [0.717, 1.165) is 21.7 Å². The third-order valence-corrected chi connectivity index (χ3v) is 5.54. The summed E-state index contributed by atoms with van der Waals surface area (Å²) in [6.45, 7) is 9.46. The van der Waals surface area contributed by atoms with Crippen molar-refractivity contribution in [3.05, 3.63) is 64.4 Å². The first-order chi connectivity index (χ1) is 14.7. The molecule has 3 amide bonds. The molecule has 1 aliphatic heterocycles. The molecular formula is C23H27FN4O3. The van der Waals surface area contributed by atoms with Crippen LogP contribution in [0.25, 0.3) is 0 Å². The van der Waals surface area contributed by atoms with E-state index in [1.54, 1.807) is 39.0 Å². The number of aliphatic imine (C=N–C) groups is 1. The van der Waals surface area contributed by atoms with E-state index < -0.39 is 11.6 Å². The van der Waals surface area contributed by atoms with Crippen LogP contribution in [0.3, 0.4) is 0 Å². The second kappa shape index (κ2) is 8.83. The fourth-order valence-electron chi connectivity index (χ4n) is 3.59. The lowest BCUT2D eigenvalue weighted by Crippen LogP contribution is -2.45. The van der Waals surface area contributed by atoms with Gasteiger partial charge in [-0.05, 0) is 58.7 Å². The Balaban J connectivity index is 1.76. The van der Waals surface area contributed by atoms with Crippen molar-refractivity contribution in [2.24, 2.45) is 4.99 Å². The van der Waals surface area contributed by atoms with Crippen molar-refractivity contribution in [1.82, 2.24) is 15.0 Å². The fourth-order valence-corrected chi connectivity index (χ4v) is 3.59. The van der Waals surface area contributed by atoms with Gasteiger partial charge in [-0.2, -0.15) is 0 Å². The standard InChI is InChI=1S/C23H27FN4O3/c1-6-19(13-25-14-20-15(2)26-31-16(20)3)28-21(29)23(4,5)27(22(28)30)11-10-17-8-7-9-18(24)12-17/h6-9,12-13H,10-11,14H2,1-5H3/b19-6+,25-13?. The number of hydrogen-bond donors (Lipinski definition) is 0. The number of carbonyl (C=O) groups excluding carboxylic acids is 2. The number of nitrogens with zero attached hydrogens (tertiary/aromatic N) is 4. The van der Waals surface area contributed by atoms with Crippen LogP contribution in [0.15, 0.2) is 45.6 Å². The lowest BCUT2D eigenvalue weighted by molar-refractivity contribution is -0.130. The van der Waals surface area contributed by atoms with E-state index >= 15 is 0 Å². The van der Waals surface area contributed by atoms with Crippen LogP contribution in [0, 0.1) is 19.7 Å². The highest BCUT2D eigenvalue weighted by molar-refractivity contribution is 6.11. The number of aryl methyl sites for hydroxylation is 2. The molecule has 2 heterocycles. The molecule has 1 aromatic heterocycles. The van der Waals surface area contributed by atoms with E-state index in [2.05, 4.69) is 10.1 Å². The minimum Gasteiger partial charge on any atom is -0.361 e. The van der Waals surface area contributed by atoms with Crippen LogP contribution in [-0.4, -0.2) is 45.2 Å². The molecule has 1 aliphatic rings. The Morgan fingerprint density at radius 3 is 2.65 bits per heavy atom. The van der Waals surface area contributed by atoms with E-state index in [-0.39, 0.29) is 11.7 Å². The van der Waals surface area contributed by atoms with Gasteiger partial charge in [0.1, 0.15) is 17.1 Å². The second-order valence-electron chi connectivity index (χ2n) is 8.00. The van der Waals surface area contributed by atoms with Gasteiger partial charge >= 0.3 is 6.03 Å². The van der Waals surface area contributed by atoms with Crippen molar-refractivity contribution in [3.63, 3.8) is 0 Å². The average Bonchev–Trinajstić information content (AvgIpc) is 3.12. The topological polar surface area (TPSA) is 79.0 Å². The second-order valence-corrected chi connectivity index (χ2v) is 8.00. The van der Waals surface area contributed by atoms with Gasteiger partial charge in [-0.1, -0.05) is 23.4 Å². The highest BCUT2D eigenvalue weighted by Crippen LogP contribution is 2.30. The minimum absolute atomic E-state index is 0.296. The molecule has 0 N–H and O–H groups in total. The highest BCUT2D eigenvalue weighted by atomic mass is 19.1. The first-order valence-electron chi connectivity index (χ1n) is 10.1. The smallest absolute Gasteiger partial charge is 0.332 e. The van der Waals surface area contributed by atoms with Crippen LogP contribution in [0.2, 0.25) is 0 Å². The van der Waals surface area contributed by atoms with Gasteiger partial charge in [0.05, 0.1) is 17.9 Å². The normalized spacial score (nSPS) is 16.8. The van der Waals surface area contributed by atoms with Crippen molar-refractivity contribution >= 4 is 18.2 Å². The number of benzene rings is 1. The molecule has 7 nitrogen and oxygen atoms in total. The van der Waals surface area contributed by atoms with E-state index in [1.807, 2.05) is 13.8 Å². The number of carbonyl (C=O) groups is 2. The Kier molecular flexibility index (Phi) is 6.38. The third kappa shape index (κ3) is 4.42. The molecule has 0 aliphatic carbocycles. The maximum Gasteiger partial charge on any atom is 0.332 e. The summed E-state index contributed by atoms with van der Waals surface area (Å²) in [7, 11) is 0. The minimum atomic E-state index is -1.02. The van der Waals surface area contributed by atoms with Gasteiger partial charge in [0.15, 0.2) is 0 Å². The molecule has 0 atom stereocenters. The fraction of sp³-hybridized carbons (Fsp3) is 0.391. The molecule has 1 fully saturated rings. The summed E-state index contributed by atoms with van der Waals surface area (Å²) in [5.74, 6) is 0.0382. The number of rotatable bonds is 7. The first kappa shape index (κ1) is 22.4. The summed E-state index contributed by atoms with van der Waals surface area (Å²) in [6.07, 6.45) is 3.64. The number of allylic oxidation sites excluding steroid dienone is 2. The summed E-state index contributed by atoms with van der Waals surface area (Å²) >= 11 is 0. The molecule has 1 saturated heterocycles. The SMILES string of the molecule is C/C=C(\C=NCc1c(C)noc1C)N1C(=O)N(CCc2cccc(F)c2)C(C)(C)C1=O. The number of hydrogen-bond acceptors (Lipinski definition) is 5. The zero-order chi connectivity index (χ0) is 22.8. The monoisotopic (exact) mass is 426 g/mol. The predicted octanol–water partition coefficient (Wildman–Crippen LogP) is 4.19. The molecule has 0 spiro atoms. The molecule has 8 heteroatoms. The van der Waals surface area contributed by atoms with Crippen LogP contribution in [-0.2, 0) is 17.8 Å². The van der Waals surface area contributed by atoms with Crippen molar-refractivity contribution < 1.29 is 18.5 Å². The zero-order valence-electron chi connectivity index (χ0n) is 18.5. The molecule has 1 aromatic carbocycles. The van der Waals surface area contributed by atoms with Crippen molar-refractivity contribution in [2.45, 2.75) is 53.1 Å². The Labute approximate surface area is 181 Å². The number of urea groups is 1. The van der Waals surface area contributed by atoms with E-state index in [0.29, 0.717) is 31.0 Å². The van der Waals surface area contributed by atoms with Gasteiger partial charge in [0, 0.05) is 18.3 Å². The van der Waals surface area contributed by atoms with Crippen molar-refractivity contribution in [1.29, 1.82) is 0 Å². The van der Waals surface area contributed by atoms with Crippen molar-refractivity contribution in [2.75, 3.05) is 6.54 Å². The van der Waals surface area contributed by atoms with Crippen LogP contribution in [0.1, 0.15) is 43.4 Å². The largest absolute Gasteiger partial charge is 0.361 e. The van der Waals surface area contributed by atoms with Gasteiger partial charge in [-0.25, -0.2) is 14.1 Å². The maximum absolute atomic E-state index is 13.5. The summed E-state index contributed by atoms with van der Waals surface area (Å²) in [4.78, 5) is 33.3. The molecule has 2 aromatic rings. The van der Waals surface area contributed by atoms with Crippen molar-refractivity contribution in [3.8, 4) is 0 Å². The lowest BCUT2D eigenvalue weighted by atomic mass is 10.0. The zero-order valence-corrected chi connectivity index (χ0v) is 18.5. The average molecular weight is 426 g/mol. The number of imide groups is 1. The number of halogens is 1. The molecule has 0 radical (unpaired) electrons. The Morgan fingerprint density at radius 1 is 1.29 bits per heavy atom. The van der Waals surface area contributed by atoms with Gasteiger partial charge in [0.2, 0.25) is 0 Å². The first-order valence-corrected chi connectivity index (χ1v) is 10.1. The highest BCUT2D eigenvalue weighted by Gasteiger charge is 2.51. The summed E-state index contributed by atoms with van der Waals surface area (Å²) < 4.78 is 18.6. The molecule has 3 rings (SSSR count). The van der Waals surface area contributed by atoms with Crippen LogP contribution >= 0.6 is 0 Å². The summed E-state index contributed by atoms with van der Waals surface area (Å²) in [5.41, 5.74) is 1.79. The van der Waals surface area contributed by atoms with E-state index in [4.69, 9.17) is 4.52 Å². The molecular weight excluding hydrogens is 399 g/mol. The van der Waals surface area contributed by atoms with Crippen LogP contribution < -0.4 is 0 Å². The maximum atomic E-state index is 13.5. The summed E-state index contributed by atoms with van der Waals surface area (Å²) in [5, 5.41) is 3.90. The molecule has 0 saturated carbocycles. The quantitative estimate of drug-likeness (QED) is 0.491.